The molecule has 2 aliphatic rings. The molecule has 26 heavy (non-hydrogen) atoms. The summed E-state index contributed by atoms with van der Waals surface area (Å²) in [6.07, 6.45) is -0.267. The molecule has 2 heterocycles. The summed E-state index contributed by atoms with van der Waals surface area (Å²) in [5, 5.41) is 9.00. The van der Waals surface area contributed by atoms with Crippen LogP contribution < -0.4 is 0 Å². The van der Waals surface area contributed by atoms with E-state index < -0.39 is 33.8 Å². The lowest BCUT2D eigenvalue weighted by Crippen LogP contribution is -2.49. The van der Waals surface area contributed by atoms with Gasteiger partial charge in [0, 0.05) is 18.7 Å². The van der Waals surface area contributed by atoms with Gasteiger partial charge in [-0.3, -0.25) is 14.4 Å². The van der Waals surface area contributed by atoms with E-state index in [1.165, 1.54) is 23.1 Å². The van der Waals surface area contributed by atoms with E-state index in [4.69, 9.17) is 9.84 Å². The number of hydrogen-bond acceptors (Lipinski definition) is 6. The third-order valence-corrected chi connectivity index (χ3v) is 6.34. The number of sulfonamides is 1. The first-order chi connectivity index (χ1) is 12.3. The summed E-state index contributed by atoms with van der Waals surface area (Å²) in [7, 11) is -3.97. The second-order valence-corrected chi connectivity index (χ2v) is 7.84. The fraction of sp³-hybridized carbons (Fsp3) is 0.438. The number of ether oxygens (including phenoxy) is 1. The zero-order valence-electron chi connectivity index (χ0n) is 14.0. The van der Waals surface area contributed by atoms with Crippen molar-refractivity contribution in [1.29, 1.82) is 0 Å². The lowest BCUT2D eigenvalue weighted by Gasteiger charge is -2.34. The fourth-order valence-corrected chi connectivity index (χ4v) is 4.78. The SMILES string of the molecule is CCN1C(=O)c2ccc(C(=O)N3CCOCC3CC(=O)O)cc2S1(=O)=O. The molecule has 1 fully saturated rings. The van der Waals surface area contributed by atoms with Crippen molar-refractivity contribution < 1.29 is 32.6 Å². The normalized spacial score (nSPS) is 21.6. The summed E-state index contributed by atoms with van der Waals surface area (Å²) >= 11 is 0. The number of hydrogen-bond donors (Lipinski definition) is 1. The topological polar surface area (TPSA) is 121 Å². The van der Waals surface area contributed by atoms with Crippen LogP contribution in [0.3, 0.4) is 0 Å². The Hall–Kier alpha value is -2.46. The minimum absolute atomic E-state index is 0.00325. The number of amides is 2. The highest BCUT2D eigenvalue weighted by Crippen LogP contribution is 2.31. The van der Waals surface area contributed by atoms with Crippen LogP contribution in [0.4, 0.5) is 0 Å². The largest absolute Gasteiger partial charge is 0.481 e. The van der Waals surface area contributed by atoms with E-state index in [0.717, 1.165) is 4.31 Å². The van der Waals surface area contributed by atoms with Crippen molar-refractivity contribution in [3.8, 4) is 0 Å². The van der Waals surface area contributed by atoms with Crippen molar-refractivity contribution in [2.24, 2.45) is 0 Å². The monoisotopic (exact) mass is 382 g/mol. The minimum atomic E-state index is -3.97. The molecule has 2 aliphatic heterocycles. The van der Waals surface area contributed by atoms with Gasteiger partial charge < -0.3 is 14.7 Å². The summed E-state index contributed by atoms with van der Waals surface area (Å²) in [6, 6.07) is 3.27. The maximum atomic E-state index is 12.8. The highest BCUT2D eigenvalue weighted by molar-refractivity contribution is 7.90. The smallest absolute Gasteiger partial charge is 0.305 e. The molecule has 1 saturated heterocycles. The zero-order chi connectivity index (χ0) is 19.1. The van der Waals surface area contributed by atoms with Crippen molar-refractivity contribution in [2.45, 2.75) is 24.3 Å². The predicted molar refractivity (Wildman–Crippen MR) is 88.2 cm³/mol. The summed E-state index contributed by atoms with van der Waals surface area (Å²) in [5.74, 6) is -2.16. The van der Waals surface area contributed by atoms with E-state index in [9.17, 15) is 22.8 Å². The quantitative estimate of drug-likeness (QED) is 0.787. The van der Waals surface area contributed by atoms with Gasteiger partial charge in [-0.25, -0.2) is 12.7 Å². The van der Waals surface area contributed by atoms with Crippen molar-refractivity contribution in [3.05, 3.63) is 29.3 Å². The number of morpholine rings is 1. The summed E-state index contributed by atoms with van der Waals surface area (Å²) < 4.78 is 30.9. The molecule has 1 atom stereocenters. The molecule has 0 aromatic heterocycles. The second-order valence-electron chi connectivity index (χ2n) is 6.01. The van der Waals surface area contributed by atoms with Gasteiger partial charge >= 0.3 is 5.97 Å². The molecule has 0 radical (unpaired) electrons. The van der Waals surface area contributed by atoms with E-state index >= 15 is 0 Å². The number of nitrogens with zero attached hydrogens (tertiary/aromatic N) is 2. The molecule has 1 aromatic rings. The van der Waals surface area contributed by atoms with Gasteiger partial charge in [0.2, 0.25) is 0 Å². The molecule has 10 heteroatoms. The Morgan fingerprint density at radius 2 is 2.08 bits per heavy atom. The first kappa shape index (κ1) is 18.3. The zero-order valence-corrected chi connectivity index (χ0v) is 14.9. The van der Waals surface area contributed by atoms with Crippen LogP contribution in [-0.2, 0) is 19.6 Å². The van der Waals surface area contributed by atoms with Crippen molar-refractivity contribution in [1.82, 2.24) is 9.21 Å². The van der Waals surface area contributed by atoms with E-state index in [1.807, 2.05) is 0 Å². The standard InChI is InChI=1S/C16H18N2O7S/c1-2-18-16(22)12-4-3-10(7-13(12)26(18,23)24)15(21)17-5-6-25-9-11(17)8-14(19)20/h3-4,7,11H,2,5-6,8-9H2,1H3,(H,19,20). The van der Waals surface area contributed by atoms with Gasteiger partial charge in [0.05, 0.1) is 31.2 Å². The number of carbonyl (C=O) groups excluding carboxylic acids is 2. The van der Waals surface area contributed by atoms with Crippen LogP contribution >= 0.6 is 0 Å². The first-order valence-electron chi connectivity index (χ1n) is 8.09. The number of rotatable bonds is 4. The van der Waals surface area contributed by atoms with E-state index in [-0.39, 0.29) is 48.7 Å². The van der Waals surface area contributed by atoms with Crippen molar-refractivity contribution in [3.63, 3.8) is 0 Å². The Morgan fingerprint density at radius 3 is 2.73 bits per heavy atom. The summed E-state index contributed by atoms with van der Waals surface area (Å²) in [6.45, 7) is 2.14. The highest BCUT2D eigenvalue weighted by Gasteiger charge is 2.41. The molecular formula is C16H18N2O7S. The Kier molecular flexibility index (Phi) is 4.72. The molecule has 3 rings (SSSR count). The van der Waals surface area contributed by atoms with Gasteiger partial charge in [0.25, 0.3) is 21.8 Å². The lowest BCUT2D eigenvalue weighted by atomic mass is 10.1. The number of carboxylic acids is 1. The first-order valence-corrected chi connectivity index (χ1v) is 9.53. The van der Waals surface area contributed by atoms with Crippen LogP contribution in [0.25, 0.3) is 0 Å². The van der Waals surface area contributed by atoms with Crippen LogP contribution in [0.1, 0.15) is 34.1 Å². The van der Waals surface area contributed by atoms with Gasteiger partial charge in [0.1, 0.15) is 4.90 Å². The molecule has 1 aromatic carbocycles. The van der Waals surface area contributed by atoms with Crippen LogP contribution in [0.2, 0.25) is 0 Å². The van der Waals surface area contributed by atoms with Gasteiger partial charge in [-0.15, -0.1) is 0 Å². The number of benzene rings is 1. The highest BCUT2D eigenvalue weighted by atomic mass is 32.2. The average Bonchev–Trinajstić information content (AvgIpc) is 2.79. The van der Waals surface area contributed by atoms with E-state index in [1.54, 1.807) is 6.92 Å². The summed E-state index contributed by atoms with van der Waals surface area (Å²) in [5.41, 5.74) is 0.128. The third-order valence-electron chi connectivity index (χ3n) is 4.44. The Labute approximate surface area is 150 Å². The predicted octanol–water partition coefficient (Wildman–Crippen LogP) is 0.167. The summed E-state index contributed by atoms with van der Waals surface area (Å²) in [4.78, 5) is 37.2. The van der Waals surface area contributed by atoms with Gasteiger partial charge in [-0.05, 0) is 25.1 Å². The molecular weight excluding hydrogens is 364 g/mol. The number of carbonyl (C=O) groups is 3. The second kappa shape index (κ2) is 6.69. The molecule has 1 N–H and O–H groups in total. The molecule has 0 bridgehead atoms. The van der Waals surface area contributed by atoms with Gasteiger partial charge in [0.15, 0.2) is 0 Å². The average molecular weight is 382 g/mol. The molecule has 2 amide bonds. The van der Waals surface area contributed by atoms with Crippen molar-refractivity contribution >= 4 is 27.8 Å². The fourth-order valence-electron chi connectivity index (χ4n) is 3.18. The Morgan fingerprint density at radius 1 is 1.35 bits per heavy atom. The van der Waals surface area contributed by atoms with E-state index in [0.29, 0.717) is 0 Å². The maximum Gasteiger partial charge on any atom is 0.305 e. The number of carboxylic acid groups (broad SMARTS) is 1. The minimum Gasteiger partial charge on any atom is -0.481 e. The molecule has 0 spiro atoms. The molecule has 1 unspecified atom stereocenters. The van der Waals surface area contributed by atoms with Crippen LogP contribution in [0.5, 0.6) is 0 Å². The molecule has 140 valence electrons. The van der Waals surface area contributed by atoms with E-state index in [2.05, 4.69) is 0 Å². The Balaban J connectivity index is 1.95. The van der Waals surface area contributed by atoms with Gasteiger partial charge in [-0.1, -0.05) is 0 Å². The molecule has 0 saturated carbocycles. The maximum absolute atomic E-state index is 12.8. The van der Waals surface area contributed by atoms with Gasteiger partial charge in [-0.2, -0.15) is 0 Å². The van der Waals surface area contributed by atoms with Crippen LogP contribution in [0, 0.1) is 0 Å². The van der Waals surface area contributed by atoms with Crippen LogP contribution in [0.15, 0.2) is 23.1 Å². The number of aliphatic carboxylic acids is 1. The molecule has 9 nitrogen and oxygen atoms in total. The Bertz CT molecular complexity index is 881. The molecule has 0 aliphatic carbocycles. The third kappa shape index (κ3) is 2.95. The number of fused-ring (bicyclic) bond motifs is 1. The lowest BCUT2D eigenvalue weighted by molar-refractivity contribution is -0.139. The van der Waals surface area contributed by atoms with Crippen LogP contribution in [-0.4, -0.2) is 72.9 Å². The van der Waals surface area contributed by atoms with Crippen molar-refractivity contribution in [2.75, 3.05) is 26.3 Å².